The van der Waals surface area contributed by atoms with Crippen molar-refractivity contribution in [3.63, 3.8) is 0 Å². The largest absolute Gasteiger partial charge is 0.459 e. The molecule has 2 bridgehead atoms. The van der Waals surface area contributed by atoms with Crippen molar-refractivity contribution >= 4 is 17.7 Å². The lowest BCUT2D eigenvalue weighted by Gasteiger charge is -2.68. The summed E-state index contributed by atoms with van der Waals surface area (Å²) in [6.45, 7) is 8.74. The van der Waals surface area contributed by atoms with Crippen LogP contribution in [0.3, 0.4) is 0 Å². The van der Waals surface area contributed by atoms with E-state index in [-0.39, 0.29) is 12.5 Å². The van der Waals surface area contributed by atoms with E-state index in [1.807, 2.05) is 6.92 Å². The number of allylic oxidation sites excluding steroid dienone is 1. The minimum atomic E-state index is -2.06. The average Bonchev–Trinajstić information content (AvgIpc) is 3.08. The van der Waals surface area contributed by atoms with Gasteiger partial charge in [-0.2, -0.15) is 0 Å². The molecule has 12 atom stereocenters. The van der Waals surface area contributed by atoms with Crippen LogP contribution in [-0.4, -0.2) is 69.9 Å². The number of fused-ring (bicyclic) bond motifs is 1. The molecular formula is C25H34O9. The van der Waals surface area contributed by atoms with Gasteiger partial charge in [0.25, 0.3) is 0 Å². The van der Waals surface area contributed by atoms with Gasteiger partial charge in [-0.25, -0.2) is 4.79 Å². The maximum absolute atomic E-state index is 13.2. The predicted molar refractivity (Wildman–Crippen MR) is 116 cm³/mol. The van der Waals surface area contributed by atoms with Crippen LogP contribution in [0.1, 0.15) is 47.5 Å². The maximum atomic E-state index is 13.2. The minimum Gasteiger partial charge on any atom is -0.459 e. The molecule has 1 spiro atoms. The Morgan fingerprint density at radius 3 is 2.65 bits per heavy atom. The molecule has 34 heavy (non-hydrogen) atoms. The molecule has 0 radical (unpaired) electrons. The molecule has 3 aliphatic carbocycles. The second kappa shape index (κ2) is 7.35. The number of ketones is 1. The molecule has 3 N–H and O–H groups in total. The molecule has 9 heteroatoms. The molecule has 5 rings (SSSR count). The van der Waals surface area contributed by atoms with Crippen molar-refractivity contribution in [1.82, 2.24) is 0 Å². The molecule has 9 nitrogen and oxygen atoms in total. The van der Waals surface area contributed by atoms with E-state index in [2.05, 4.69) is 0 Å². The summed E-state index contributed by atoms with van der Waals surface area (Å²) in [5, 5.41) is 34.3. The maximum Gasteiger partial charge on any atom is 0.348 e. The van der Waals surface area contributed by atoms with E-state index in [1.165, 1.54) is 6.08 Å². The number of hydrogen-bond donors (Lipinski definition) is 3. The summed E-state index contributed by atoms with van der Waals surface area (Å²) in [5.41, 5.74) is -1.51. The molecule has 2 unspecified atom stereocenters. The second-order valence-corrected chi connectivity index (χ2v) is 11.4. The van der Waals surface area contributed by atoms with Gasteiger partial charge in [0.2, 0.25) is 6.10 Å². The molecule has 0 aromatic rings. The Kier molecular flexibility index (Phi) is 5.17. The highest BCUT2D eigenvalue weighted by molar-refractivity contribution is 5.96. The quantitative estimate of drug-likeness (QED) is 0.501. The van der Waals surface area contributed by atoms with Gasteiger partial charge in [-0.3, -0.25) is 9.59 Å². The van der Waals surface area contributed by atoms with Crippen molar-refractivity contribution < 1.29 is 43.9 Å². The highest BCUT2D eigenvalue weighted by Crippen LogP contribution is 2.73. The van der Waals surface area contributed by atoms with Crippen LogP contribution < -0.4 is 0 Å². The fourth-order valence-electron chi connectivity index (χ4n) is 8.14. The summed E-state index contributed by atoms with van der Waals surface area (Å²) in [6.07, 6.45) is -2.58. The third kappa shape index (κ3) is 2.61. The number of carbonyl (C=O) groups is 3. The van der Waals surface area contributed by atoms with Crippen LogP contribution in [-0.2, 0) is 28.6 Å². The van der Waals surface area contributed by atoms with Crippen LogP contribution in [0.4, 0.5) is 0 Å². The molecule has 0 aromatic carbocycles. The third-order valence-corrected chi connectivity index (χ3v) is 9.89. The van der Waals surface area contributed by atoms with Crippen molar-refractivity contribution in [1.29, 1.82) is 0 Å². The molecule has 5 aliphatic rings. The predicted octanol–water partition coefficient (Wildman–Crippen LogP) is 0.734. The Morgan fingerprint density at radius 2 is 2.00 bits per heavy atom. The second-order valence-electron chi connectivity index (χ2n) is 11.4. The zero-order chi connectivity index (χ0) is 25.0. The van der Waals surface area contributed by atoms with E-state index >= 15 is 0 Å². The van der Waals surface area contributed by atoms with E-state index in [1.54, 1.807) is 27.7 Å². The summed E-state index contributed by atoms with van der Waals surface area (Å²) >= 11 is 0. The summed E-state index contributed by atoms with van der Waals surface area (Å²) in [7, 11) is 0. The number of esters is 2. The lowest BCUT2D eigenvalue weighted by atomic mass is 9.38. The number of hydrogen-bond acceptors (Lipinski definition) is 9. The van der Waals surface area contributed by atoms with Crippen LogP contribution in [0.2, 0.25) is 0 Å². The first-order chi connectivity index (χ1) is 15.8. The topological polar surface area (TPSA) is 140 Å². The molecule has 0 amide bonds. The van der Waals surface area contributed by atoms with Gasteiger partial charge in [0, 0.05) is 22.7 Å². The standard InChI is InChI=1S/C25H34O9/c1-6-10(2)20(29)34-17-16-12(4)18(27)25(31)22-23(5)13(11(3)7-14(26)19(23)28)8-15(33-21(17)30)24(16,22)9-32-25/h7,10,12-13,15-19,22,27-28,31H,6,8-9H2,1-5H3/t10?,12-,13+,15-,16-,17-,18-,19-,22?,23-,24+,25+/m1/s1. The fraction of sp³-hybridized carbons (Fsp3) is 0.800. The molecule has 0 aromatic heterocycles. The fourth-order valence-corrected chi connectivity index (χ4v) is 8.14. The third-order valence-electron chi connectivity index (χ3n) is 9.89. The van der Waals surface area contributed by atoms with E-state index in [4.69, 9.17) is 14.2 Å². The van der Waals surface area contributed by atoms with Gasteiger partial charge in [0.15, 0.2) is 11.6 Å². The summed E-state index contributed by atoms with van der Waals surface area (Å²) in [5.74, 6) is -6.89. The molecule has 188 valence electrons. The molecule has 2 saturated carbocycles. The zero-order valence-electron chi connectivity index (χ0n) is 20.2. The molecule has 2 saturated heterocycles. The van der Waals surface area contributed by atoms with E-state index in [0.29, 0.717) is 12.8 Å². The first kappa shape index (κ1) is 23.9. The van der Waals surface area contributed by atoms with Gasteiger partial charge in [-0.15, -0.1) is 0 Å². The number of carbonyl (C=O) groups excluding carboxylic acids is 3. The number of ether oxygens (including phenoxy) is 3. The SMILES string of the molecule is CCC(C)C(=O)O[C@H]1C(=O)O[C@@H]2C[C@H]3C(C)=CC(=O)[C@@H](O)[C@]3(C)C3[C@@]24CO[C@@]3(O)[C@H](O)[C@H](C)[C@H]14. The first-order valence-electron chi connectivity index (χ1n) is 12.2. The van der Waals surface area contributed by atoms with E-state index in [0.717, 1.165) is 5.57 Å². The Balaban J connectivity index is 1.69. The summed E-state index contributed by atoms with van der Waals surface area (Å²) in [4.78, 5) is 38.7. The van der Waals surface area contributed by atoms with Crippen LogP contribution in [0, 0.1) is 40.4 Å². The number of aliphatic hydroxyl groups is 3. The van der Waals surface area contributed by atoms with Crippen LogP contribution >= 0.6 is 0 Å². The zero-order valence-corrected chi connectivity index (χ0v) is 20.2. The summed E-state index contributed by atoms with van der Waals surface area (Å²) in [6, 6.07) is 0. The average molecular weight is 479 g/mol. The van der Waals surface area contributed by atoms with Crippen molar-refractivity contribution in [2.75, 3.05) is 6.61 Å². The van der Waals surface area contributed by atoms with Crippen LogP contribution in [0.15, 0.2) is 11.6 Å². The monoisotopic (exact) mass is 478 g/mol. The molecule has 2 aliphatic heterocycles. The summed E-state index contributed by atoms with van der Waals surface area (Å²) < 4.78 is 17.6. The number of aliphatic hydroxyl groups excluding tert-OH is 2. The van der Waals surface area contributed by atoms with Gasteiger partial charge in [-0.05, 0) is 37.7 Å². The Bertz CT molecular complexity index is 975. The van der Waals surface area contributed by atoms with Crippen LogP contribution in [0.25, 0.3) is 0 Å². The molecule has 2 heterocycles. The lowest BCUT2D eigenvalue weighted by Crippen LogP contribution is -2.78. The molecule has 4 fully saturated rings. The van der Waals surface area contributed by atoms with Gasteiger partial charge < -0.3 is 29.5 Å². The first-order valence-corrected chi connectivity index (χ1v) is 12.2. The van der Waals surface area contributed by atoms with Crippen molar-refractivity contribution in [2.45, 2.75) is 77.7 Å². The lowest BCUT2D eigenvalue weighted by molar-refractivity contribution is -0.340. The van der Waals surface area contributed by atoms with Crippen LogP contribution in [0.5, 0.6) is 0 Å². The van der Waals surface area contributed by atoms with Gasteiger partial charge >= 0.3 is 11.9 Å². The highest BCUT2D eigenvalue weighted by atomic mass is 16.7. The van der Waals surface area contributed by atoms with Crippen molar-refractivity contribution in [2.24, 2.45) is 40.4 Å². The van der Waals surface area contributed by atoms with Gasteiger partial charge in [0.1, 0.15) is 18.3 Å². The Labute approximate surface area is 198 Å². The Hall–Kier alpha value is -1.81. The smallest absolute Gasteiger partial charge is 0.348 e. The van der Waals surface area contributed by atoms with Gasteiger partial charge in [0.05, 0.1) is 12.5 Å². The van der Waals surface area contributed by atoms with E-state index in [9.17, 15) is 29.7 Å². The van der Waals surface area contributed by atoms with E-state index < -0.39 is 82.4 Å². The Morgan fingerprint density at radius 1 is 1.32 bits per heavy atom. The van der Waals surface area contributed by atoms with Crippen molar-refractivity contribution in [3.05, 3.63) is 11.6 Å². The highest BCUT2D eigenvalue weighted by Gasteiger charge is 2.83. The normalized spacial score (nSPS) is 52.2. The van der Waals surface area contributed by atoms with Crippen molar-refractivity contribution in [3.8, 4) is 0 Å². The number of rotatable bonds is 3. The van der Waals surface area contributed by atoms with Gasteiger partial charge in [-0.1, -0.05) is 33.3 Å². The minimum absolute atomic E-state index is 0.0540. The molecular weight excluding hydrogens is 444 g/mol.